The summed E-state index contributed by atoms with van der Waals surface area (Å²) in [5.41, 5.74) is 1.21. The third kappa shape index (κ3) is 2.86. The first-order valence-corrected chi connectivity index (χ1v) is 7.42. The van der Waals surface area contributed by atoms with E-state index in [-0.39, 0.29) is 0 Å². The third-order valence-corrected chi connectivity index (χ3v) is 4.69. The molecule has 0 amide bonds. The lowest BCUT2D eigenvalue weighted by Crippen LogP contribution is -2.32. The lowest BCUT2D eigenvalue weighted by molar-refractivity contribution is 0.180. The summed E-state index contributed by atoms with van der Waals surface area (Å²) >= 11 is 6.31. The molecule has 1 N–H and O–H groups in total. The van der Waals surface area contributed by atoms with Crippen LogP contribution in [0.1, 0.15) is 50.6 Å². The highest BCUT2D eigenvalue weighted by Crippen LogP contribution is 2.41. The minimum Gasteiger partial charge on any atom is -0.313 e. The van der Waals surface area contributed by atoms with Crippen molar-refractivity contribution < 1.29 is 0 Å². The monoisotopic (exact) mass is 266 g/mol. The first kappa shape index (κ1) is 13.8. The minimum atomic E-state index is 0.366. The van der Waals surface area contributed by atoms with Crippen LogP contribution < -0.4 is 5.32 Å². The maximum absolute atomic E-state index is 6.31. The number of rotatable bonds is 4. The van der Waals surface area contributed by atoms with Crippen molar-refractivity contribution in [3.05, 3.63) is 29.0 Å². The molecule has 1 saturated carbocycles. The van der Waals surface area contributed by atoms with Crippen molar-refractivity contribution in [3.8, 4) is 0 Å². The van der Waals surface area contributed by atoms with Gasteiger partial charge in [0.1, 0.15) is 0 Å². The van der Waals surface area contributed by atoms with E-state index in [1.54, 1.807) is 6.20 Å². The average Bonchev–Trinajstić information content (AvgIpc) is 2.42. The maximum Gasteiger partial charge on any atom is 0.0637 e. The zero-order valence-corrected chi connectivity index (χ0v) is 12.1. The predicted octanol–water partition coefficient (Wildman–Crippen LogP) is 4.21. The molecule has 0 aliphatic heterocycles. The van der Waals surface area contributed by atoms with E-state index in [9.17, 15) is 0 Å². The van der Waals surface area contributed by atoms with E-state index in [2.05, 4.69) is 23.3 Å². The van der Waals surface area contributed by atoms with E-state index >= 15 is 0 Å². The molecule has 3 heteroatoms. The molecule has 0 radical (unpaired) electrons. The zero-order chi connectivity index (χ0) is 13.0. The van der Waals surface area contributed by atoms with Crippen LogP contribution in [0.2, 0.25) is 5.02 Å². The maximum atomic E-state index is 6.31. The second-order valence-electron chi connectivity index (χ2n) is 5.28. The van der Waals surface area contributed by atoms with Gasteiger partial charge in [0.25, 0.3) is 0 Å². The minimum absolute atomic E-state index is 0.366. The molecule has 3 unspecified atom stereocenters. The Balaban J connectivity index is 2.24. The molecule has 2 rings (SSSR count). The fourth-order valence-electron chi connectivity index (χ4n) is 3.42. The van der Waals surface area contributed by atoms with Gasteiger partial charge in [-0.3, -0.25) is 4.98 Å². The number of nitrogens with zero attached hydrogens (tertiary/aromatic N) is 1. The van der Waals surface area contributed by atoms with Crippen molar-refractivity contribution in [2.75, 3.05) is 7.05 Å². The van der Waals surface area contributed by atoms with E-state index in [1.807, 2.05) is 13.2 Å². The number of aromatic nitrogens is 1. The summed E-state index contributed by atoms with van der Waals surface area (Å²) in [6, 6.07) is 2.43. The van der Waals surface area contributed by atoms with Crippen LogP contribution >= 0.6 is 11.6 Å². The summed E-state index contributed by atoms with van der Waals surface area (Å²) in [7, 11) is 2.04. The second kappa shape index (κ2) is 6.53. The molecule has 1 aromatic rings. The molecular formula is C15H23ClN2. The molecule has 3 atom stereocenters. The topological polar surface area (TPSA) is 24.9 Å². The van der Waals surface area contributed by atoms with Crippen LogP contribution in [-0.2, 0) is 0 Å². The molecule has 1 aromatic heterocycles. The van der Waals surface area contributed by atoms with Crippen LogP contribution in [0.4, 0.5) is 0 Å². The summed E-state index contributed by atoms with van der Waals surface area (Å²) in [5, 5.41) is 4.27. The molecule has 0 aromatic carbocycles. The van der Waals surface area contributed by atoms with Gasteiger partial charge >= 0.3 is 0 Å². The fourth-order valence-corrected chi connectivity index (χ4v) is 3.66. The normalized spacial score (nSPS) is 25.9. The molecule has 0 saturated heterocycles. The average molecular weight is 267 g/mol. The second-order valence-corrected chi connectivity index (χ2v) is 5.69. The highest BCUT2D eigenvalue weighted by Gasteiger charge is 2.31. The van der Waals surface area contributed by atoms with Gasteiger partial charge in [0.15, 0.2) is 0 Å². The van der Waals surface area contributed by atoms with Gasteiger partial charge in [-0.15, -0.1) is 0 Å². The van der Waals surface area contributed by atoms with Gasteiger partial charge in [0.2, 0.25) is 0 Å². The SMILES string of the molecule is CCC1CCCCC1C(NC)c1ccncc1Cl. The molecule has 1 aliphatic rings. The molecular weight excluding hydrogens is 244 g/mol. The number of nitrogens with one attached hydrogen (secondary N) is 1. The van der Waals surface area contributed by atoms with Crippen molar-refractivity contribution in [2.45, 2.75) is 45.1 Å². The molecule has 1 aliphatic carbocycles. The van der Waals surface area contributed by atoms with Gasteiger partial charge < -0.3 is 5.32 Å². The van der Waals surface area contributed by atoms with Crippen LogP contribution in [0, 0.1) is 11.8 Å². The quantitative estimate of drug-likeness (QED) is 0.883. The largest absolute Gasteiger partial charge is 0.313 e. The van der Waals surface area contributed by atoms with Gasteiger partial charge in [-0.2, -0.15) is 0 Å². The van der Waals surface area contributed by atoms with E-state index in [0.29, 0.717) is 12.0 Å². The van der Waals surface area contributed by atoms with Crippen LogP contribution in [0.15, 0.2) is 18.5 Å². The summed E-state index contributed by atoms with van der Waals surface area (Å²) in [6.45, 7) is 2.31. The Bertz CT molecular complexity index is 381. The molecule has 1 heterocycles. The Morgan fingerprint density at radius 1 is 1.44 bits per heavy atom. The third-order valence-electron chi connectivity index (χ3n) is 4.37. The van der Waals surface area contributed by atoms with Gasteiger partial charge in [-0.05, 0) is 36.9 Å². The lowest BCUT2D eigenvalue weighted by atomic mass is 9.72. The van der Waals surface area contributed by atoms with Crippen molar-refractivity contribution in [3.63, 3.8) is 0 Å². The summed E-state index contributed by atoms with van der Waals surface area (Å²) in [4.78, 5) is 4.09. The molecule has 100 valence electrons. The van der Waals surface area contributed by atoms with Gasteiger partial charge in [-0.25, -0.2) is 0 Å². The summed E-state index contributed by atoms with van der Waals surface area (Å²) in [5.74, 6) is 1.52. The van der Waals surface area contributed by atoms with Crippen LogP contribution in [-0.4, -0.2) is 12.0 Å². The molecule has 2 nitrogen and oxygen atoms in total. The van der Waals surface area contributed by atoms with Gasteiger partial charge in [0, 0.05) is 18.4 Å². The predicted molar refractivity (Wildman–Crippen MR) is 76.8 cm³/mol. The number of halogens is 1. The van der Waals surface area contributed by atoms with E-state index in [0.717, 1.165) is 10.9 Å². The van der Waals surface area contributed by atoms with E-state index in [1.165, 1.54) is 37.7 Å². The standard InChI is InChI=1S/C15H23ClN2/c1-3-11-6-4-5-7-12(11)15(17-2)13-8-9-18-10-14(13)16/h8-12,15,17H,3-7H2,1-2H3. The van der Waals surface area contributed by atoms with Gasteiger partial charge in [0.05, 0.1) is 5.02 Å². The first-order valence-electron chi connectivity index (χ1n) is 7.04. The van der Waals surface area contributed by atoms with Crippen LogP contribution in [0.3, 0.4) is 0 Å². The number of hydrogen-bond acceptors (Lipinski definition) is 2. The molecule has 18 heavy (non-hydrogen) atoms. The number of pyridine rings is 1. The molecule has 1 fully saturated rings. The summed E-state index contributed by atoms with van der Waals surface area (Å²) < 4.78 is 0. The zero-order valence-electron chi connectivity index (χ0n) is 11.3. The smallest absolute Gasteiger partial charge is 0.0637 e. The lowest BCUT2D eigenvalue weighted by Gasteiger charge is -2.37. The van der Waals surface area contributed by atoms with Crippen LogP contribution in [0.5, 0.6) is 0 Å². The molecule has 0 bridgehead atoms. The van der Waals surface area contributed by atoms with E-state index < -0.39 is 0 Å². The highest BCUT2D eigenvalue weighted by atomic mass is 35.5. The van der Waals surface area contributed by atoms with Crippen molar-refractivity contribution in [2.24, 2.45) is 11.8 Å². The van der Waals surface area contributed by atoms with Gasteiger partial charge in [-0.1, -0.05) is 44.2 Å². The van der Waals surface area contributed by atoms with Crippen LogP contribution in [0.25, 0.3) is 0 Å². The first-order chi connectivity index (χ1) is 8.77. The van der Waals surface area contributed by atoms with E-state index in [4.69, 9.17) is 11.6 Å². The van der Waals surface area contributed by atoms with Crippen molar-refractivity contribution >= 4 is 11.6 Å². The highest BCUT2D eigenvalue weighted by molar-refractivity contribution is 6.31. The van der Waals surface area contributed by atoms with Crippen molar-refractivity contribution in [1.82, 2.24) is 10.3 Å². The Morgan fingerprint density at radius 2 is 2.22 bits per heavy atom. The number of hydrogen-bond donors (Lipinski definition) is 1. The fraction of sp³-hybridized carbons (Fsp3) is 0.667. The Kier molecular flexibility index (Phi) is 5.02. The Labute approximate surface area is 115 Å². The summed E-state index contributed by atoms with van der Waals surface area (Å²) in [6.07, 6.45) is 10.3. The Morgan fingerprint density at radius 3 is 2.89 bits per heavy atom. The molecule has 0 spiro atoms. The van der Waals surface area contributed by atoms with Crippen molar-refractivity contribution in [1.29, 1.82) is 0 Å². The Hall–Kier alpha value is -0.600.